The summed E-state index contributed by atoms with van der Waals surface area (Å²) in [5, 5.41) is 1.96. The van der Waals surface area contributed by atoms with E-state index in [0.717, 1.165) is 34.0 Å². The molecule has 0 amide bonds. The van der Waals surface area contributed by atoms with Gasteiger partial charge < -0.3 is 4.74 Å². The van der Waals surface area contributed by atoms with Crippen molar-refractivity contribution in [2.24, 2.45) is 4.99 Å². The van der Waals surface area contributed by atoms with Gasteiger partial charge in [-0.05, 0) is 71.1 Å². The van der Waals surface area contributed by atoms with Crippen LogP contribution in [0.15, 0.2) is 84.1 Å². The lowest BCUT2D eigenvalue weighted by Crippen LogP contribution is -2.17. The van der Waals surface area contributed by atoms with E-state index >= 15 is 0 Å². The number of fused-ring (bicyclic) bond motifs is 3. The van der Waals surface area contributed by atoms with Crippen LogP contribution in [0.2, 0.25) is 5.02 Å². The maximum absolute atomic E-state index is 13.0. The quantitative estimate of drug-likeness (QED) is 0.106. The first-order valence-electron chi connectivity index (χ1n) is 12.0. The van der Waals surface area contributed by atoms with Crippen LogP contribution in [0.25, 0.3) is 27.5 Å². The number of alkyl halides is 6. The molecular weight excluding hydrogens is 588 g/mol. The highest BCUT2D eigenvalue weighted by Gasteiger charge is 2.31. The molecule has 1 heterocycles. The lowest BCUT2D eigenvalue weighted by molar-refractivity contribution is -0.274. The summed E-state index contributed by atoms with van der Waals surface area (Å²) in [7, 11) is 0. The minimum absolute atomic E-state index is 0.0892. The zero-order valence-corrected chi connectivity index (χ0v) is 22.4. The van der Waals surface area contributed by atoms with E-state index in [-0.39, 0.29) is 23.7 Å². The molecular formula is C29H18ClF6N3OS. The second-order valence-electron chi connectivity index (χ2n) is 9.06. The Bertz CT molecular complexity index is 1780. The van der Waals surface area contributed by atoms with Gasteiger partial charge >= 0.3 is 12.5 Å². The molecule has 0 N–H and O–H groups in total. The third-order valence-electron chi connectivity index (χ3n) is 6.17. The van der Waals surface area contributed by atoms with E-state index in [1.165, 1.54) is 30.3 Å². The molecule has 210 valence electrons. The number of aromatic nitrogens is 2. The van der Waals surface area contributed by atoms with Crippen molar-refractivity contribution in [1.29, 1.82) is 0 Å². The molecule has 0 aliphatic heterocycles. The van der Waals surface area contributed by atoms with Gasteiger partial charge in [-0.3, -0.25) is 9.56 Å². The van der Waals surface area contributed by atoms with Crippen molar-refractivity contribution in [2.45, 2.75) is 19.0 Å². The second-order valence-corrected chi connectivity index (χ2v) is 10.0. The summed E-state index contributed by atoms with van der Waals surface area (Å²) in [6.07, 6.45) is -5.92. The van der Waals surface area contributed by atoms with Gasteiger partial charge in [0.2, 0.25) is 0 Å². The molecule has 0 fully saturated rings. The molecule has 4 aromatic carbocycles. The van der Waals surface area contributed by atoms with Gasteiger partial charge in [0, 0.05) is 33.6 Å². The number of aliphatic imine (C=N–C) groups is 1. The van der Waals surface area contributed by atoms with Crippen molar-refractivity contribution in [3.8, 4) is 11.4 Å². The van der Waals surface area contributed by atoms with Crippen molar-refractivity contribution in [3.63, 3.8) is 0 Å². The lowest BCUT2D eigenvalue weighted by atomic mass is 10.1. The summed E-state index contributed by atoms with van der Waals surface area (Å²) in [4.78, 5) is 9.30. The van der Waals surface area contributed by atoms with Crippen LogP contribution < -0.4 is 4.74 Å². The Hall–Kier alpha value is -3.96. The van der Waals surface area contributed by atoms with Crippen LogP contribution >= 0.6 is 23.8 Å². The third-order valence-corrected chi connectivity index (χ3v) is 6.82. The van der Waals surface area contributed by atoms with Crippen LogP contribution in [0.1, 0.15) is 16.7 Å². The number of rotatable bonds is 7. The van der Waals surface area contributed by atoms with E-state index in [1.54, 1.807) is 17.1 Å². The van der Waals surface area contributed by atoms with Crippen LogP contribution in [0.3, 0.4) is 0 Å². The van der Waals surface area contributed by atoms with E-state index < -0.39 is 18.1 Å². The lowest BCUT2D eigenvalue weighted by Gasteiger charge is -2.10. The molecule has 0 saturated heterocycles. The van der Waals surface area contributed by atoms with Gasteiger partial charge in [0.1, 0.15) is 12.1 Å². The molecule has 0 aliphatic carbocycles. The number of thiocarbonyl (C=S) groups is 1. The second kappa shape index (κ2) is 11.1. The molecule has 0 unspecified atom stereocenters. The Kier molecular flexibility index (Phi) is 7.76. The Morgan fingerprint density at radius 2 is 1.71 bits per heavy atom. The standard InChI is InChI=1S/C29H18ClF6N3OS/c30-25-9-3-20(28(31,32)33)12-19(25)13-23(41)15-37-14-17-1-8-24-18(11-17)2-10-26-27(24)38-16-39(26)21-4-6-22(7-5-21)40-29(34,35)36/h1-12,14,16H,13,15H2. The van der Waals surface area contributed by atoms with E-state index in [9.17, 15) is 26.3 Å². The fraction of sp³-hybridized carbons (Fsp3) is 0.138. The number of nitrogens with zero attached hydrogens (tertiary/aromatic N) is 3. The normalized spacial score (nSPS) is 12.5. The maximum Gasteiger partial charge on any atom is 0.573 e. The van der Waals surface area contributed by atoms with E-state index in [2.05, 4.69) is 14.7 Å². The molecule has 1 aromatic heterocycles. The molecule has 4 nitrogen and oxygen atoms in total. The molecule has 0 atom stereocenters. The van der Waals surface area contributed by atoms with E-state index in [1.807, 2.05) is 30.3 Å². The predicted molar refractivity (Wildman–Crippen MR) is 150 cm³/mol. The molecule has 41 heavy (non-hydrogen) atoms. The summed E-state index contributed by atoms with van der Waals surface area (Å²) < 4.78 is 82.1. The SMILES string of the molecule is FC(F)(F)Oc1ccc(-n2cnc3c4ccc(C=NCC(=S)Cc5cc(C(F)(F)F)ccc5Cl)cc4ccc32)cc1. The molecule has 0 radical (unpaired) electrons. The van der Waals surface area contributed by atoms with Crippen LogP contribution in [-0.4, -0.2) is 33.5 Å². The fourth-order valence-electron chi connectivity index (χ4n) is 4.33. The number of ether oxygens (including phenoxy) is 1. The van der Waals surface area contributed by atoms with Crippen LogP contribution in [0, 0.1) is 0 Å². The summed E-state index contributed by atoms with van der Waals surface area (Å²) in [5.41, 5.74) is 2.39. The molecule has 0 aliphatic rings. The molecule has 5 aromatic rings. The first kappa shape index (κ1) is 28.6. The smallest absolute Gasteiger partial charge is 0.406 e. The van der Waals surface area contributed by atoms with Gasteiger partial charge in [0.05, 0.1) is 23.1 Å². The number of halogens is 7. The largest absolute Gasteiger partial charge is 0.573 e. The maximum atomic E-state index is 13.0. The van der Waals surface area contributed by atoms with Gasteiger partial charge in [0.25, 0.3) is 0 Å². The highest BCUT2D eigenvalue weighted by molar-refractivity contribution is 7.80. The van der Waals surface area contributed by atoms with Crippen molar-refractivity contribution < 1.29 is 31.1 Å². The summed E-state index contributed by atoms with van der Waals surface area (Å²) in [6.45, 7) is 0.135. The zero-order chi connectivity index (χ0) is 29.4. The minimum atomic E-state index is -4.77. The predicted octanol–water partition coefficient (Wildman–Crippen LogP) is 8.78. The first-order chi connectivity index (χ1) is 19.4. The Balaban J connectivity index is 1.30. The zero-order valence-electron chi connectivity index (χ0n) is 20.8. The summed E-state index contributed by atoms with van der Waals surface area (Å²) in [6, 6.07) is 18.0. The topological polar surface area (TPSA) is 39.4 Å². The average Bonchev–Trinajstić information content (AvgIpc) is 3.33. The number of hydrogen-bond acceptors (Lipinski definition) is 4. The van der Waals surface area contributed by atoms with Crippen molar-refractivity contribution in [1.82, 2.24) is 9.55 Å². The number of benzene rings is 4. The number of hydrogen-bond donors (Lipinski definition) is 0. The monoisotopic (exact) mass is 605 g/mol. The average molecular weight is 606 g/mol. The van der Waals surface area contributed by atoms with Crippen LogP contribution in [0.5, 0.6) is 5.75 Å². The Morgan fingerprint density at radius 3 is 2.41 bits per heavy atom. The third kappa shape index (κ3) is 6.68. The first-order valence-corrected chi connectivity index (χ1v) is 12.8. The Labute approximate surface area is 239 Å². The van der Waals surface area contributed by atoms with Gasteiger partial charge in [-0.2, -0.15) is 13.2 Å². The summed E-state index contributed by atoms with van der Waals surface area (Å²) >= 11 is 11.4. The molecule has 0 bridgehead atoms. The molecule has 0 spiro atoms. The van der Waals surface area contributed by atoms with Crippen LogP contribution in [-0.2, 0) is 12.6 Å². The van der Waals surface area contributed by atoms with Gasteiger partial charge in [0.15, 0.2) is 0 Å². The highest BCUT2D eigenvalue weighted by atomic mass is 35.5. The van der Waals surface area contributed by atoms with Gasteiger partial charge in [-0.25, -0.2) is 4.98 Å². The van der Waals surface area contributed by atoms with Crippen LogP contribution in [0.4, 0.5) is 26.3 Å². The van der Waals surface area contributed by atoms with Gasteiger partial charge in [-0.1, -0.05) is 42.0 Å². The van der Waals surface area contributed by atoms with E-state index in [4.69, 9.17) is 23.8 Å². The minimum Gasteiger partial charge on any atom is -0.406 e. The molecule has 0 saturated carbocycles. The molecule has 12 heteroatoms. The number of imidazole rings is 1. The summed E-state index contributed by atoms with van der Waals surface area (Å²) in [5.74, 6) is -0.314. The molecule has 5 rings (SSSR count). The van der Waals surface area contributed by atoms with Crippen molar-refractivity contribution >= 4 is 56.7 Å². The fourth-order valence-corrected chi connectivity index (χ4v) is 4.74. The van der Waals surface area contributed by atoms with E-state index in [0.29, 0.717) is 21.6 Å². The highest BCUT2D eigenvalue weighted by Crippen LogP contribution is 2.32. The van der Waals surface area contributed by atoms with Crippen molar-refractivity contribution in [3.05, 3.63) is 101 Å². The van der Waals surface area contributed by atoms with Crippen molar-refractivity contribution in [2.75, 3.05) is 6.54 Å². The van der Waals surface area contributed by atoms with Gasteiger partial charge in [-0.15, -0.1) is 13.2 Å². The Morgan fingerprint density at radius 1 is 0.951 bits per heavy atom.